The average Bonchev–Trinajstić information content (AvgIpc) is 2.26. The number of hydrogen-bond acceptors (Lipinski definition) is 2. The second kappa shape index (κ2) is 5.78. The van der Waals surface area contributed by atoms with Gasteiger partial charge in [0.1, 0.15) is 6.29 Å². The number of hydrogen-bond donors (Lipinski definition) is 0. The molecule has 1 fully saturated rings. The summed E-state index contributed by atoms with van der Waals surface area (Å²) in [6, 6.07) is 0. The van der Waals surface area contributed by atoms with Gasteiger partial charge < -0.3 is 9.69 Å². The molecule has 14 heavy (non-hydrogen) atoms. The number of nitrogens with zero attached hydrogens (tertiary/aromatic N) is 1. The maximum absolute atomic E-state index is 11.6. The van der Waals surface area contributed by atoms with Crippen molar-refractivity contribution in [3.05, 3.63) is 0 Å². The highest BCUT2D eigenvalue weighted by Crippen LogP contribution is 2.15. The zero-order valence-electron chi connectivity index (χ0n) is 8.87. The average molecular weight is 197 g/mol. The minimum Gasteiger partial charge on any atom is -0.342 e. The van der Waals surface area contributed by atoms with Crippen molar-refractivity contribution in [1.82, 2.24) is 4.90 Å². The van der Waals surface area contributed by atoms with Gasteiger partial charge in [-0.25, -0.2) is 0 Å². The monoisotopic (exact) mass is 197 g/mol. The molecule has 1 atom stereocenters. The van der Waals surface area contributed by atoms with E-state index in [1.165, 1.54) is 0 Å². The number of piperidine rings is 1. The van der Waals surface area contributed by atoms with Gasteiger partial charge in [-0.2, -0.15) is 0 Å². The summed E-state index contributed by atoms with van der Waals surface area (Å²) in [5, 5.41) is 0. The molecular weight excluding hydrogens is 178 g/mol. The minimum atomic E-state index is 0.0781. The Balaban J connectivity index is 2.35. The van der Waals surface area contributed by atoms with Gasteiger partial charge in [-0.05, 0) is 19.3 Å². The van der Waals surface area contributed by atoms with Crippen molar-refractivity contribution in [2.45, 2.75) is 39.0 Å². The summed E-state index contributed by atoms with van der Waals surface area (Å²) in [5.41, 5.74) is 0. The van der Waals surface area contributed by atoms with E-state index in [0.717, 1.165) is 38.5 Å². The molecular formula is C11H19NO2. The first-order valence-corrected chi connectivity index (χ1v) is 5.51. The van der Waals surface area contributed by atoms with Crippen LogP contribution in [0.2, 0.25) is 0 Å². The smallest absolute Gasteiger partial charge is 0.222 e. The molecule has 1 aliphatic heterocycles. The Bertz CT molecular complexity index is 203. The molecule has 1 aliphatic rings. The number of unbranched alkanes of at least 4 members (excludes halogenated alkanes) is 1. The van der Waals surface area contributed by atoms with Crippen LogP contribution in [0.5, 0.6) is 0 Å². The van der Waals surface area contributed by atoms with Crippen LogP contribution in [0.1, 0.15) is 39.0 Å². The number of carbonyl (C=O) groups excluding carboxylic acids is 2. The Kier molecular flexibility index (Phi) is 4.63. The maximum atomic E-state index is 11.6. The van der Waals surface area contributed by atoms with E-state index in [0.29, 0.717) is 13.0 Å². The van der Waals surface area contributed by atoms with Crippen LogP contribution >= 0.6 is 0 Å². The van der Waals surface area contributed by atoms with Crippen LogP contribution in [0.4, 0.5) is 0 Å². The van der Waals surface area contributed by atoms with Gasteiger partial charge in [0, 0.05) is 25.4 Å². The van der Waals surface area contributed by atoms with E-state index in [2.05, 4.69) is 6.92 Å². The highest BCUT2D eigenvalue weighted by molar-refractivity contribution is 5.76. The van der Waals surface area contributed by atoms with Gasteiger partial charge in [0.05, 0.1) is 0 Å². The topological polar surface area (TPSA) is 37.4 Å². The zero-order chi connectivity index (χ0) is 10.4. The third-order valence-corrected chi connectivity index (χ3v) is 2.75. The number of carbonyl (C=O) groups is 2. The van der Waals surface area contributed by atoms with Crippen LogP contribution in [0.25, 0.3) is 0 Å². The van der Waals surface area contributed by atoms with Crippen molar-refractivity contribution in [3.8, 4) is 0 Å². The zero-order valence-corrected chi connectivity index (χ0v) is 8.87. The molecule has 0 bridgehead atoms. The molecule has 0 radical (unpaired) electrons. The maximum Gasteiger partial charge on any atom is 0.222 e. The fourth-order valence-electron chi connectivity index (χ4n) is 1.83. The molecule has 3 heteroatoms. The second-order valence-electron chi connectivity index (χ2n) is 3.98. The van der Waals surface area contributed by atoms with E-state index >= 15 is 0 Å². The fraction of sp³-hybridized carbons (Fsp3) is 0.818. The van der Waals surface area contributed by atoms with E-state index in [9.17, 15) is 9.59 Å². The van der Waals surface area contributed by atoms with Gasteiger partial charge >= 0.3 is 0 Å². The molecule has 0 aliphatic carbocycles. The highest BCUT2D eigenvalue weighted by atomic mass is 16.2. The molecule has 0 saturated carbocycles. The Labute approximate surface area is 85.5 Å². The molecule has 1 saturated heterocycles. The van der Waals surface area contributed by atoms with Crippen LogP contribution in [-0.2, 0) is 9.59 Å². The van der Waals surface area contributed by atoms with E-state index < -0.39 is 0 Å². The minimum absolute atomic E-state index is 0.0781. The highest BCUT2D eigenvalue weighted by Gasteiger charge is 2.22. The Morgan fingerprint density at radius 1 is 1.57 bits per heavy atom. The summed E-state index contributed by atoms with van der Waals surface area (Å²) in [6.07, 6.45) is 5.56. The second-order valence-corrected chi connectivity index (χ2v) is 3.98. The Hall–Kier alpha value is -0.860. The molecule has 1 amide bonds. The lowest BCUT2D eigenvalue weighted by Crippen LogP contribution is -2.40. The molecule has 0 spiro atoms. The molecule has 0 N–H and O–H groups in total. The summed E-state index contributed by atoms with van der Waals surface area (Å²) in [5.74, 6) is 0.299. The predicted octanol–water partition coefficient (Wildman–Crippen LogP) is 1.61. The molecule has 0 aromatic rings. The summed E-state index contributed by atoms with van der Waals surface area (Å²) < 4.78 is 0. The summed E-state index contributed by atoms with van der Waals surface area (Å²) in [7, 11) is 0. The van der Waals surface area contributed by atoms with Crippen molar-refractivity contribution in [2.75, 3.05) is 13.1 Å². The normalized spacial score (nSPS) is 22.1. The van der Waals surface area contributed by atoms with Crippen LogP contribution in [-0.4, -0.2) is 30.2 Å². The molecule has 1 rings (SSSR count). The number of aldehydes is 1. The lowest BCUT2D eigenvalue weighted by Gasteiger charge is -2.30. The van der Waals surface area contributed by atoms with Crippen molar-refractivity contribution >= 4 is 12.2 Å². The predicted molar refractivity (Wildman–Crippen MR) is 54.9 cm³/mol. The molecule has 0 aromatic heterocycles. The first kappa shape index (κ1) is 11.2. The Morgan fingerprint density at radius 3 is 3.00 bits per heavy atom. The van der Waals surface area contributed by atoms with Crippen molar-refractivity contribution in [1.29, 1.82) is 0 Å². The van der Waals surface area contributed by atoms with Crippen molar-refractivity contribution in [3.63, 3.8) is 0 Å². The van der Waals surface area contributed by atoms with E-state index in [1.54, 1.807) is 0 Å². The molecule has 3 nitrogen and oxygen atoms in total. The first-order valence-electron chi connectivity index (χ1n) is 5.51. The molecule has 1 unspecified atom stereocenters. The quantitative estimate of drug-likeness (QED) is 0.642. The van der Waals surface area contributed by atoms with Crippen LogP contribution in [0, 0.1) is 5.92 Å². The first-order chi connectivity index (χ1) is 6.77. The molecule has 0 aromatic carbocycles. The van der Waals surface area contributed by atoms with Gasteiger partial charge in [0.25, 0.3) is 0 Å². The third-order valence-electron chi connectivity index (χ3n) is 2.75. The van der Waals surface area contributed by atoms with Gasteiger partial charge in [-0.3, -0.25) is 4.79 Å². The summed E-state index contributed by atoms with van der Waals surface area (Å²) in [6.45, 7) is 3.57. The fourth-order valence-corrected chi connectivity index (χ4v) is 1.83. The van der Waals surface area contributed by atoms with Gasteiger partial charge in [0.2, 0.25) is 5.91 Å². The largest absolute Gasteiger partial charge is 0.342 e. The van der Waals surface area contributed by atoms with Crippen LogP contribution in [0.15, 0.2) is 0 Å². The molecule has 1 heterocycles. The van der Waals surface area contributed by atoms with Gasteiger partial charge in [-0.15, -0.1) is 0 Å². The van der Waals surface area contributed by atoms with Gasteiger partial charge in [0.15, 0.2) is 0 Å². The number of amides is 1. The van der Waals surface area contributed by atoms with Gasteiger partial charge in [-0.1, -0.05) is 13.3 Å². The lowest BCUT2D eigenvalue weighted by molar-refractivity contribution is -0.133. The Morgan fingerprint density at radius 2 is 2.36 bits per heavy atom. The number of likely N-dealkylation sites (tertiary alicyclic amines) is 1. The van der Waals surface area contributed by atoms with Crippen molar-refractivity contribution < 1.29 is 9.59 Å². The lowest BCUT2D eigenvalue weighted by atomic mass is 9.99. The summed E-state index contributed by atoms with van der Waals surface area (Å²) in [4.78, 5) is 24.1. The van der Waals surface area contributed by atoms with Crippen LogP contribution < -0.4 is 0 Å². The molecule has 80 valence electrons. The van der Waals surface area contributed by atoms with Crippen molar-refractivity contribution in [2.24, 2.45) is 5.92 Å². The SMILES string of the molecule is CCCCC(=O)N1CCCC(C=O)C1. The van der Waals surface area contributed by atoms with E-state index in [4.69, 9.17) is 0 Å². The van der Waals surface area contributed by atoms with Crippen LogP contribution in [0.3, 0.4) is 0 Å². The standard InChI is InChI=1S/C11H19NO2/c1-2-3-6-11(14)12-7-4-5-10(8-12)9-13/h9-10H,2-8H2,1H3. The summed E-state index contributed by atoms with van der Waals surface area (Å²) >= 11 is 0. The number of rotatable bonds is 4. The van der Waals surface area contributed by atoms with E-state index in [-0.39, 0.29) is 11.8 Å². The van der Waals surface area contributed by atoms with E-state index in [1.807, 2.05) is 4.90 Å². The third kappa shape index (κ3) is 3.13.